The Balaban J connectivity index is 2.80. The van der Waals surface area contributed by atoms with Crippen LogP contribution in [0, 0.1) is 10.8 Å². The van der Waals surface area contributed by atoms with Crippen LogP contribution in [0.15, 0.2) is 54.6 Å². The van der Waals surface area contributed by atoms with E-state index >= 15 is 0 Å². The van der Waals surface area contributed by atoms with E-state index in [9.17, 15) is 13.2 Å². The molecule has 0 unspecified atom stereocenters. The van der Waals surface area contributed by atoms with Crippen molar-refractivity contribution in [3.05, 3.63) is 71.3 Å². The highest BCUT2D eigenvalue weighted by atomic mass is 19.4. The quantitative estimate of drug-likeness (QED) is 0.544. The maximum atomic E-state index is 13.0. The van der Waals surface area contributed by atoms with Crippen molar-refractivity contribution in [1.82, 2.24) is 0 Å². The molecule has 2 aromatic rings. The predicted octanol–water partition coefficient (Wildman–Crippen LogP) is 7.08. The molecular weight excluding hydrogens is 321 g/mol. The van der Waals surface area contributed by atoms with Crippen LogP contribution in [0.4, 0.5) is 13.2 Å². The van der Waals surface area contributed by atoms with E-state index in [4.69, 9.17) is 0 Å². The van der Waals surface area contributed by atoms with Crippen molar-refractivity contribution >= 4 is 0 Å². The second kappa shape index (κ2) is 6.19. The summed E-state index contributed by atoms with van der Waals surface area (Å²) in [7, 11) is 0. The molecule has 0 bridgehead atoms. The lowest BCUT2D eigenvalue weighted by molar-refractivity contribution is -0.137. The largest absolute Gasteiger partial charge is 0.416 e. The first-order chi connectivity index (χ1) is 11.3. The summed E-state index contributed by atoms with van der Waals surface area (Å²) in [6, 6.07) is 15.8. The molecule has 3 heteroatoms. The van der Waals surface area contributed by atoms with Crippen LogP contribution in [0.3, 0.4) is 0 Å². The summed E-state index contributed by atoms with van der Waals surface area (Å²) < 4.78 is 39.0. The fourth-order valence-corrected chi connectivity index (χ4v) is 4.62. The standard InChI is InChI=1S/C22H27F3/c1-19(2,3)21(20(4,5)6,16-10-8-7-9-11-16)17-12-14-18(15-13-17)22(23,24)25/h7-15H,1-6H3. The van der Waals surface area contributed by atoms with Gasteiger partial charge >= 0.3 is 6.18 Å². The minimum Gasteiger partial charge on any atom is -0.166 e. The molecule has 25 heavy (non-hydrogen) atoms. The first kappa shape index (κ1) is 19.6. The molecular formula is C22H27F3. The van der Waals surface area contributed by atoms with Crippen molar-refractivity contribution in [3.63, 3.8) is 0 Å². The molecule has 0 saturated heterocycles. The fourth-order valence-electron chi connectivity index (χ4n) is 4.62. The third-order valence-electron chi connectivity index (χ3n) is 5.10. The normalized spacial score (nSPS) is 13.8. The Labute approximate surface area is 149 Å². The van der Waals surface area contributed by atoms with E-state index in [-0.39, 0.29) is 10.8 Å². The topological polar surface area (TPSA) is 0 Å². The summed E-state index contributed by atoms with van der Waals surface area (Å²) in [6.45, 7) is 12.9. The maximum Gasteiger partial charge on any atom is 0.416 e. The van der Waals surface area contributed by atoms with Crippen molar-refractivity contribution in [2.75, 3.05) is 0 Å². The van der Waals surface area contributed by atoms with Crippen LogP contribution in [0.5, 0.6) is 0 Å². The van der Waals surface area contributed by atoms with Gasteiger partial charge in [0.25, 0.3) is 0 Å². The van der Waals surface area contributed by atoms with Gasteiger partial charge < -0.3 is 0 Å². The summed E-state index contributed by atoms with van der Waals surface area (Å²) in [6.07, 6.45) is -4.32. The minimum absolute atomic E-state index is 0.202. The van der Waals surface area contributed by atoms with Gasteiger partial charge in [-0.05, 0) is 34.1 Å². The molecule has 0 aliphatic carbocycles. The lowest BCUT2D eigenvalue weighted by atomic mass is 9.48. The number of hydrogen-bond acceptors (Lipinski definition) is 0. The molecule has 0 amide bonds. The molecule has 0 N–H and O–H groups in total. The SMILES string of the molecule is CC(C)(C)C(c1ccccc1)(c1ccc(C(F)(F)F)cc1)C(C)(C)C. The van der Waals surface area contributed by atoms with Crippen LogP contribution < -0.4 is 0 Å². The predicted molar refractivity (Wildman–Crippen MR) is 97.6 cm³/mol. The van der Waals surface area contributed by atoms with Crippen LogP contribution in [-0.2, 0) is 11.6 Å². The zero-order chi connectivity index (χ0) is 19.1. The van der Waals surface area contributed by atoms with Crippen LogP contribution >= 0.6 is 0 Å². The summed E-state index contributed by atoms with van der Waals surface area (Å²) >= 11 is 0. The Morgan fingerprint density at radius 3 is 1.24 bits per heavy atom. The number of benzene rings is 2. The van der Waals surface area contributed by atoms with Crippen molar-refractivity contribution < 1.29 is 13.2 Å². The summed E-state index contributed by atoms with van der Waals surface area (Å²) in [5.74, 6) is 0. The lowest BCUT2D eigenvalue weighted by Gasteiger charge is -2.55. The average molecular weight is 348 g/mol. The van der Waals surface area contributed by atoms with E-state index in [0.717, 1.165) is 11.1 Å². The Hall–Kier alpha value is -1.77. The van der Waals surface area contributed by atoms with Gasteiger partial charge in [-0.15, -0.1) is 0 Å². The molecule has 0 aliphatic rings. The lowest BCUT2D eigenvalue weighted by Crippen LogP contribution is -2.51. The monoisotopic (exact) mass is 348 g/mol. The third kappa shape index (κ3) is 3.33. The molecule has 136 valence electrons. The molecule has 0 heterocycles. The Bertz CT molecular complexity index is 682. The van der Waals surface area contributed by atoms with Crippen molar-refractivity contribution in [3.8, 4) is 0 Å². The highest BCUT2D eigenvalue weighted by molar-refractivity contribution is 5.45. The van der Waals surface area contributed by atoms with Crippen molar-refractivity contribution in [2.45, 2.75) is 53.1 Å². The molecule has 2 aromatic carbocycles. The highest BCUT2D eigenvalue weighted by Gasteiger charge is 2.52. The summed E-state index contributed by atoms with van der Waals surface area (Å²) in [5.41, 5.74) is 0.576. The van der Waals surface area contributed by atoms with Gasteiger partial charge in [-0.3, -0.25) is 0 Å². The maximum absolute atomic E-state index is 13.0. The Kier molecular flexibility index (Phi) is 4.84. The molecule has 0 aliphatic heterocycles. The van der Waals surface area contributed by atoms with Gasteiger partial charge in [-0.2, -0.15) is 13.2 Å². The van der Waals surface area contributed by atoms with Crippen LogP contribution in [0.25, 0.3) is 0 Å². The van der Waals surface area contributed by atoms with Gasteiger partial charge in [0.05, 0.1) is 5.56 Å². The summed E-state index contributed by atoms with van der Waals surface area (Å²) in [5, 5.41) is 0. The van der Waals surface area contributed by atoms with E-state index in [2.05, 4.69) is 53.7 Å². The zero-order valence-corrected chi connectivity index (χ0v) is 15.8. The van der Waals surface area contributed by atoms with Gasteiger partial charge in [0, 0.05) is 5.41 Å². The number of halogens is 3. The smallest absolute Gasteiger partial charge is 0.166 e. The van der Waals surface area contributed by atoms with E-state index in [0.29, 0.717) is 0 Å². The first-order valence-corrected chi connectivity index (χ1v) is 8.55. The molecule has 0 spiro atoms. The van der Waals surface area contributed by atoms with E-state index in [1.165, 1.54) is 12.1 Å². The number of hydrogen-bond donors (Lipinski definition) is 0. The molecule has 0 fully saturated rings. The van der Waals surface area contributed by atoms with Crippen LogP contribution in [0.1, 0.15) is 58.2 Å². The van der Waals surface area contributed by atoms with Gasteiger partial charge in [-0.25, -0.2) is 0 Å². The van der Waals surface area contributed by atoms with Gasteiger partial charge in [0.2, 0.25) is 0 Å². The minimum atomic E-state index is -4.32. The highest BCUT2D eigenvalue weighted by Crippen LogP contribution is 2.57. The molecule has 0 nitrogen and oxygen atoms in total. The first-order valence-electron chi connectivity index (χ1n) is 8.55. The molecule has 0 radical (unpaired) electrons. The third-order valence-corrected chi connectivity index (χ3v) is 5.10. The van der Waals surface area contributed by atoms with Gasteiger partial charge in [0.15, 0.2) is 0 Å². The Morgan fingerprint density at radius 1 is 0.520 bits per heavy atom. The summed E-state index contributed by atoms with van der Waals surface area (Å²) in [4.78, 5) is 0. The number of rotatable bonds is 2. The molecule has 2 rings (SSSR count). The zero-order valence-electron chi connectivity index (χ0n) is 15.8. The van der Waals surface area contributed by atoms with E-state index in [1.807, 2.05) is 18.2 Å². The second-order valence-electron chi connectivity index (χ2n) is 8.69. The molecule has 0 atom stereocenters. The van der Waals surface area contributed by atoms with Crippen molar-refractivity contribution in [2.24, 2.45) is 10.8 Å². The van der Waals surface area contributed by atoms with Gasteiger partial charge in [0.1, 0.15) is 0 Å². The molecule has 0 aromatic heterocycles. The van der Waals surface area contributed by atoms with E-state index < -0.39 is 17.2 Å². The number of alkyl halides is 3. The van der Waals surface area contributed by atoms with Crippen molar-refractivity contribution in [1.29, 1.82) is 0 Å². The van der Waals surface area contributed by atoms with Gasteiger partial charge in [-0.1, -0.05) is 84.0 Å². The Morgan fingerprint density at radius 2 is 0.880 bits per heavy atom. The van der Waals surface area contributed by atoms with E-state index in [1.54, 1.807) is 12.1 Å². The second-order valence-corrected chi connectivity index (χ2v) is 8.69. The molecule has 0 saturated carbocycles. The average Bonchev–Trinajstić information content (AvgIpc) is 2.45. The van der Waals surface area contributed by atoms with Crippen LogP contribution in [-0.4, -0.2) is 0 Å². The van der Waals surface area contributed by atoms with Crippen LogP contribution in [0.2, 0.25) is 0 Å². The fraction of sp³-hybridized carbons (Fsp3) is 0.455.